The van der Waals surface area contributed by atoms with Gasteiger partial charge in [0.1, 0.15) is 0 Å². The molecule has 0 saturated carbocycles. The van der Waals surface area contributed by atoms with Crippen molar-refractivity contribution in [2.24, 2.45) is 0 Å². The molecule has 0 aliphatic heterocycles. The Balaban J connectivity index is 3.75. The summed E-state index contributed by atoms with van der Waals surface area (Å²) in [5.41, 5.74) is 0. The van der Waals surface area contributed by atoms with Gasteiger partial charge in [0.05, 0.1) is 18.8 Å². The van der Waals surface area contributed by atoms with E-state index < -0.39 is 0 Å². The number of hydrogen-bond acceptors (Lipinski definition) is 3. The molecule has 0 spiro atoms. The fraction of sp³-hybridized carbons (Fsp3) is 1.00. The Labute approximate surface area is 81.8 Å². The van der Waals surface area contributed by atoms with Crippen molar-refractivity contribution < 1.29 is 9.47 Å². The van der Waals surface area contributed by atoms with E-state index in [1.807, 2.05) is 14.0 Å². The maximum absolute atomic E-state index is 5.75. The Morgan fingerprint density at radius 1 is 1.31 bits per heavy atom. The normalized spacial score (nSPS) is 18.2. The summed E-state index contributed by atoms with van der Waals surface area (Å²) in [6.45, 7) is 6.94. The SMILES string of the molecule is CCC(NC)C(C)OC(C)COC. The topological polar surface area (TPSA) is 30.5 Å². The van der Waals surface area contributed by atoms with Crippen LogP contribution in [0.15, 0.2) is 0 Å². The van der Waals surface area contributed by atoms with Gasteiger partial charge in [-0.05, 0) is 27.3 Å². The van der Waals surface area contributed by atoms with Crippen LogP contribution in [0.2, 0.25) is 0 Å². The molecule has 3 nitrogen and oxygen atoms in total. The van der Waals surface area contributed by atoms with E-state index in [4.69, 9.17) is 9.47 Å². The number of ether oxygens (including phenoxy) is 2. The molecule has 3 heteroatoms. The molecule has 0 aromatic carbocycles. The van der Waals surface area contributed by atoms with Gasteiger partial charge >= 0.3 is 0 Å². The van der Waals surface area contributed by atoms with Crippen molar-refractivity contribution in [1.29, 1.82) is 0 Å². The molecule has 0 aromatic rings. The van der Waals surface area contributed by atoms with Gasteiger partial charge in [-0.15, -0.1) is 0 Å². The van der Waals surface area contributed by atoms with Crippen molar-refractivity contribution in [2.75, 3.05) is 20.8 Å². The Kier molecular flexibility index (Phi) is 7.23. The second-order valence-electron chi connectivity index (χ2n) is 3.41. The van der Waals surface area contributed by atoms with Gasteiger partial charge in [-0.1, -0.05) is 6.92 Å². The zero-order chi connectivity index (χ0) is 10.3. The Morgan fingerprint density at radius 2 is 1.92 bits per heavy atom. The number of likely N-dealkylation sites (N-methyl/N-ethyl adjacent to an activating group) is 1. The molecular formula is C10H23NO2. The summed E-state index contributed by atoms with van der Waals surface area (Å²) in [6, 6.07) is 0.430. The molecule has 3 unspecified atom stereocenters. The molecule has 1 N–H and O–H groups in total. The second kappa shape index (κ2) is 7.30. The highest BCUT2D eigenvalue weighted by molar-refractivity contribution is 4.71. The largest absolute Gasteiger partial charge is 0.382 e. The van der Waals surface area contributed by atoms with Crippen molar-refractivity contribution >= 4 is 0 Å². The van der Waals surface area contributed by atoms with Crippen molar-refractivity contribution in [2.45, 2.75) is 45.4 Å². The van der Waals surface area contributed by atoms with Gasteiger partial charge in [-0.25, -0.2) is 0 Å². The van der Waals surface area contributed by atoms with Gasteiger partial charge in [0.15, 0.2) is 0 Å². The summed E-state index contributed by atoms with van der Waals surface area (Å²) in [4.78, 5) is 0. The maximum atomic E-state index is 5.75. The molecule has 0 rings (SSSR count). The highest BCUT2D eigenvalue weighted by Crippen LogP contribution is 2.06. The highest BCUT2D eigenvalue weighted by atomic mass is 16.5. The van der Waals surface area contributed by atoms with Crippen molar-refractivity contribution in [3.8, 4) is 0 Å². The van der Waals surface area contributed by atoms with Crippen LogP contribution >= 0.6 is 0 Å². The zero-order valence-corrected chi connectivity index (χ0v) is 9.46. The van der Waals surface area contributed by atoms with Crippen LogP contribution in [0.3, 0.4) is 0 Å². The van der Waals surface area contributed by atoms with E-state index in [9.17, 15) is 0 Å². The number of rotatable bonds is 7. The Bertz CT molecular complexity index is 115. The lowest BCUT2D eigenvalue weighted by Crippen LogP contribution is -2.39. The molecule has 0 fully saturated rings. The van der Waals surface area contributed by atoms with E-state index in [0.717, 1.165) is 6.42 Å². The third-order valence-electron chi connectivity index (χ3n) is 2.23. The minimum absolute atomic E-state index is 0.169. The van der Waals surface area contributed by atoms with E-state index in [0.29, 0.717) is 12.6 Å². The molecule has 0 saturated heterocycles. The first-order valence-corrected chi connectivity index (χ1v) is 4.97. The van der Waals surface area contributed by atoms with Crippen LogP contribution in [0.4, 0.5) is 0 Å². The second-order valence-corrected chi connectivity index (χ2v) is 3.41. The smallest absolute Gasteiger partial charge is 0.0784 e. The first-order valence-electron chi connectivity index (χ1n) is 4.97. The van der Waals surface area contributed by atoms with E-state index in [2.05, 4.69) is 19.2 Å². The van der Waals surface area contributed by atoms with Crippen LogP contribution in [0, 0.1) is 0 Å². The summed E-state index contributed by atoms with van der Waals surface area (Å²) in [7, 11) is 3.66. The van der Waals surface area contributed by atoms with Gasteiger partial charge in [0, 0.05) is 13.2 Å². The van der Waals surface area contributed by atoms with Crippen LogP contribution in [-0.4, -0.2) is 39.0 Å². The maximum Gasteiger partial charge on any atom is 0.0784 e. The van der Waals surface area contributed by atoms with Crippen LogP contribution in [0.25, 0.3) is 0 Å². The van der Waals surface area contributed by atoms with Crippen LogP contribution in [0.1, 0.15) is 27.2 Å². The fourth-order valence-electron chi connectivity index (χ4n) is 1.51. The fourth-order valence-corrected chi connectivity index (χ4v) is 1.51. The predicted octanol–water partition coefficient (Wildman–Crippen LogP) is 1.42. The van der Waals surface area contributed by atoms with E-state index in [1.165, 1.54) is 0 Å². The van der Waals surface area contributed by atoms with Crippen LogP contribution in [0.5, 0.6) is 0 Å². The van der Waals surface area contributed by atoms with Crippen LogP contribution in [-0.2, 0) is 9.47 Å². The third kappa shape index (κ3) is 5.24. The summed E-state index contributed by atoms with van der Waals surface area (Å²) in [5, 5.41) is 3.23. The average Bonchev–Trinajstić information content (AvgIpc) is 2.06. The molecule has 0 aromatic heterocycles. The summed E-state index contributed by atoms with van der Waals surface area (Å²) in [5.74, 6) is 0. The summed E-state index contributed by atoms with van der Waals surface area (Å²) >= 11 is 0. The molecule has 3 atom stereocenters. The lowest BCUT2D eigenvalue weighted by molar-refractivity contribution is -0.0446. The third-order valence-corrected chi connectivity index (χ3v) is 2.23. The minimum Gasteiger partial charge on any atom is -0.382 e. The summed E-state index contributed by atoms with van der Waals surface area (Å²) < 4.78 is 10.8. The number of hydrogen-bond donors (Lipinski definition) is 1. The minimum atomic E-state index is 0.169. The first kappa shape index (κ1) is 12.9. The zero-order valence-electron chi connectivity index (χ0n) is 9.46. The van der Waals surface area contributed by atoms with E-state index in [-0.39, 0.29) is 12.2 Å². The standard InChI is InChI=1S/C10H23NO2/c1-6-10(11-4)9(3)13-8(2)7-12-5/h8-11H,6-7H2,1-5H3. The van der Waals surface area contributed by atoms with E-state index in [1.54, 1.807) is 7.11 Å². The van der Waals surface area contributed by atoms with Crippen LogP contribution < -0.4 is 5.32 Å². The number of nitrogens with one attached hydrogen (secondary N) is 1. The van der Waals surface area contributed by atoms with E-state index >= 15 is 0 Å². The molecular weight excluding hydrogens is 166 g/mol. The van der Waals surface area contributed by atoms with Crippen molar-refractivity contribution in [3.05, 3.63) is 0 Å². The van der Waals surface area contributed by atoms with Gasteiger partial charge in [0.25, 0.3) is 0 Å². The van der Waals surface area contributed by atoms with Crippen molar-refractivity contribution in [3.63, 3.8) is 0 Å². The predicted molar refractivity (Wildman–Crippen MR) is 55.0 cm³/mol. The molecule has 0 aliphatic rings. The highest BCUT2D eigenvalue weighted by Gasteiger charge is 2.16. The summed E-state index contributed by atoms with van der Waals surface area (Å²) in [6.07, 6.45) is 1.49. The van der Waals surface area contributed by atoms with Gasteiger partial charge in [0.2, 0.25) is 0 Å². The molecule has 80 valence electrons. The van der Waals surface area contributed by atoms with Gasteiger partial charge in [-0.2, -0.15) is 0 Å². The lowest BCUT2D eigenvalue weighted by atomic mass is 10.1. The number of methoxy groups -OCH3 is 1. The average molecular weight is 189 g/mol. The van der Waals surface area contributed by atoms with Gasteiger partial charge < -0.3 is 14.8 Å². The quantitative estimate of drug-likeness (QED) is 0.657. The van der Waals surface area contributed by atoms with Crippen molar-refractivity contribution in [1.82, 2.24) is 5.32 Å². The molecule has 0 heterocycles. The molecule has 0 bridgehead atoms. The molecule has 13 heavy (non-hydrogen) atoms. The Morgan fingerprint density at radius 3 is 2.31 bits per heavy atom. The monoisotopic (exact) mass is 189 g/mol. The van der Waals surface area contributed by atoms with Gasteiger partial charge in [-0.3, -0.25) is 0 Å². The molecule has 0 amide bonds. The first-order chi connectivity index (χ1) is 6.15. The lowest BCUT2D eigenvalue weighted by Gasteiger charge is -2.25. The molecule has 0 radical (unpaired) electrons. The molecule has 0 aliphatic carbocycles. The Hall–Kier alpha value is -0.120.